The molecule has 1 aromatic rings. The van der Waals surface area contributed by atoms with E-state index in [-0.39, 0.29) is 0 Å². The van der Waals surface area contributed by atoms with Crippen LogP contribution in [0.1, 0.15) is 5.56 Å². The Kier molecular flexibility index (Phi) is 5.23. The first-order valence-corrected chi connectivity index (χ1v) is 6.02. The molecule has 0 fully saturated rings. The van der Waals surface area contributed by atoms with Gasteiger partial charge in [0.2, 0.25) is 0 Å². The Morgan fingerprint density at radius 2 is 1.80 bits per heavy atom. The van der Waals surface area contributed by atoms with Crippen molar-refractivity contribution in [1.82, 2.24) is 0 Å². The first-order chi connectivity index (χ1) is 7.19. The number of aromatic hydroxyl groups is 1. The van der Waals surface area contributed by atoms with Gasteiger partial charge in [-0.1, -0.05) is 0 Å². The fourth-order valence-corrected chi connectivity index (χ4v) is 1.97. The van der Waals surface area contributed by atoms with Crippen LogP contribution in [0.15, 0.2) is 18.2 Å². The number of rotatable bonds is 5. The third-order valence-electron chi connectivity index (χ3n) is 2.40. The molecule has 0 radical (unpaired) electrons. The molecule has 0 saturated carbocycles. The second kappa shape index (κ2) is 6.21. The number of halogens is 2. The van der Waals surface area contributed by atoms with Crippen LogP contribution in [-0.2, 0) is 0 Å². The first kappa shape index (κ1) is 12.6. The van der Waals surface area contributed by atoms with Crippen LogP contribution in [0.25, 0.3) is 0 Å². The van der Waals surface area contributed by atoms with Gasteiger partial charge in [0, 0.05) is 12.1 Å². The summed E-state index contributed by atoms with van der Waals surface area (Å²) in [5, 5.41) is 9.42. The maximum absolute atomic E-state index is 9.42. The molecule has 0 aliphatic rings. The third kappa shape index (κ3) is 3.56. The molecule has 84 valence electrons. The van der Waals surface area contributed by atoms with E-state index in [0.717, 1.165) is 24.3 Å². The SMILES string of the molecule is Cc1cc([NH+](CCCl)CCCl)ccc1O. The molecule has 0 spiro atoms. The molecule has 0 bridgehead atoms. The Morgan fingerprint density at radius 1 is 1.20 bits per heavy atom. The molecule has 2 nitrogen and oxygen atoms in total. The van der Waals surface area contributed by atoms with Crippen molar-refractivity contribution in [3.63, 3.8) is 0 Å². The van der Waals surface area contributed by atoms with E-state index < -0.39 is 0 Å². The van der Waals surface area contributed by atoms with Gasteiger partial charge in [-0.2, -0.15) is 0 Å². The maximum atomic E-state index is 9.42. The van der Waals surface area contributed by atoms with Crippen molar-refractivity contribution in [3.8, 4) is 5.75 Å². The first-order valence-electron chi connectivity index (χ1n) is 4.95. The molecule has 0 aliphatic carbocycles. The van der Waals surface area contributed by atoms with E-state index in [1.807, 2.05) is 19.1 Å². The molecular formula is C11H16Cl2NO+. The summed E-state index contributed by atoms with van der Waals surface area (Å²) < 4.78 is 0. The smallest absolute Gasteiger partial charge is 0.131 e. The van der Waals surface area contributed by atoms with Crippen molar-refractivity contribution < 1.29 is 10.0 Å². The number of quaternary nitrogens is 1. The molecule has 15 heavy (non-hydrogen) atoms. The van der Waals surface area contributed by atoms with Crippen molar-refractivity contribution in [3.05, 3.63) is 23.8 Å². The van der Waals surface area contributed by atoms with Gasteiger partial charge in [0.15, 0.2) is 0 Å². The molecule has 0 unspecified atom stereocenters. The fraction of sp³-hybridized carbons (Fsp3) is 0.455. The number of nitrogens with one attached hydrogen (secondary N) is 1. The van der Waals surface area contributed by atoms with Crippen LogP contribution in [0.5, 0.6) is 5.75 Å². The summed E-state index contributed by atoms with van der Waals surface area (Å²) >= 11 is 11.5. The number of phenolic OH excluding ortho intramolecular Hbond substituents is 1. The fourth-order valence-electron chi connectivity index (χ4n) is 1.52. The second-order valence-electron chi connectivity index (χ2n) is 3.48. The predicted octanol–water partition coefficient (Wildman–Crippen LogP) is 1.69. The average molecular weight is 249 g/mol. The molecule has 0 aromatic heterocycles. The van der Waals surface area contributed by atoms with Gasteiger partial charge in [0.1, 0.15) is 11.4 Å². The van der Waals surface area contributed by atoms with Gasteiger partial charge in [-0.15, -0.1) is 23.2 Å². The zero-order valence-corrected chi connectivity index (χ0v) is 10.3. The lowest BCUT2D eigenvalue weighted by atomic mass is 10.2. The van der Waals surface area contributed by atoms with Crippen LogP contribution in [0.4, 0.5) is 5.69 Å². The molecular weight excluding hydrogens is 233 g/mol. The molecule has 1 rings (SSSR count). The zero-order valence-electron chi connectivity index (χ0n) is 8.76. The van der Waals surface area contributed by atoms with Gasteiger partial charge in [0.25, 0.3) is 0 Å². The molecule has 0 saturated heterocycles. The Morgan fingerprint density at radius 3 is 2.27 bits per heavy atom. The van der Waals surface area contributed by atoms with Crippen molar-refractivity contribution in [2.75, 3.05) is 24.8 Å². The van der Waals surface area contributed by atoms with Gasteiger partial charge in [-0.05, 0) is 18.6 Å². The zero-order chi connectivity index (χ0) is 11.3. The van der Waals surface area contributed by atoms with Crippen LogP contribution in [0.2, 0.25) is 0 Å². The molecule has 2 N–H and O–H groups in total. The van der Waals surface area contributed by atoms with Crippen molar-refractivity contribution in [1.29, 1.82) is 0 Å². The minimum absolute atomic E-state index is 0.329. The Hall–Kier alpha value is -0.440. The molecule has 0 amide bonds. The summed E-state index contributed by atoms with van der Waals surface area (Å²) in [6.45, 7) is 3.58. The highest BCUT2D eigenvalue weighted by molar-refractivity contribution is 6.18. The third-order valence-corrected chi connectivity index (χ3v) is 2.78. The Bertz CT molecular complexity index is 311. The average Bonchev–Trinajstić information content (AvgIpc) is 2.22. The van der Waals surface area contributed by atoms with E-state index in [1.54, 1.807) is 6.07 Å². The maximum Gasteiger partial charge on any atom is 0.131 e. The normalized spacial score (nSPS) is 10.9. The monoisotopic (exact) mass is 248 g/mol. The van der Waals surface area contributed by atoms with Crippen LogP contribution in [-0.4, -0.2) is 30.0 Å². The number of alkyl halides is 2. The van der Waals surface area contributed by atoms with Crippen LogP contribution >= 0.6 is 23.2 Å². The van der Waals surface area contributed by atoms with E-state index in [4.69, 9.17) is 23.2 Å². The lowest BCUT2D eigenvalue weighted by Gasteiger charge is -2.17. The lowest BCUT2D eigenvalue weighted by molar-refractivity contribution is -0.827. The quantitative estimate of drug-likeness (QED) is 0.602. The summed E-state index contributed by atoms with van der Waals surface area (Å²) in [5.74, 6) is 1.54. The molecule has 0 aliphatic heterocycles. The number of hydrogen-bond donors (Lipinski definition) is 2. The van der Waals surface area contributed by atoms with E-state index in [9.17, 15) is 5.11 Å². The van der Waals surface area contributed by atoms with E-state index in [0.29, 0.717) is 17.5 Å². The Balaban J connectivity index is 2.85. The molecule has 0 atom stereocenters. The van der Waals surface area contributed by atoms with Crippen molar-refractivity contribution in [2.24, 2.45) is 0 Å². The summed E-state index contributed by atoms with van der Waals surface area (Å²) in [7, 11) is 0. The van der Waals surface area contributed by atoms with Gasteiger partial charge in [-0.3, -0.25) is 0 Å². The van der Waals surface area contributed by atoms with Crippen molar-refractivity contribution >= 4 is 28.9 Å². The van der Waals surface area contributed by atoms with Crippen LogP contribution in [0, 0.1) is 6.92 Å². The summed E-state index contributed by atoms with van der Waals surface area (Å²) in [4.78, 5) is 1.25. The molecule has 1 aromatic carbocycles. The second-order valence-corrected chi connectivity index (χ2v) is 4.24. The molecule has 4 heteroatoms. The summed E-state index contributed by atoms with van der Waals surface area (Å²) in [6, 6.07) is 5.60. The minimum Gasteiger partial charge on any atom is -0.508 e. The number of phenols is 1. The van der Waals surface area contributed by atoms with Crippen LogP contribution in [0.3, 0.4) is 0 Å². The van der Waals surface area contributed by atoms with Gasteiger partial charge in [-0.25, -0.2) is 0 Å². The van der Waals surface area contributed by atoms with Gasteiger partial charge in [0.05, 0.1) is 24.8 Å². The van der Waals surface area contributed by atoms with E-state index >= 15 is 0 Å². The van der Waals surface area contributed by atoms with E-state index in [1.165, 1.54) is 4.90 Å². The summed E-state index contributed by atoms with van der Waals surface area (Å²) in [6.07, 6.45) is 0. The topological polar surface area (TPSA) is 24.7 Å². The van der Waals surface area contributed by atoms with E-state index in [2.05, 4.69) is 0 Å². The standard InChI is InChI=1S/C11H15Cl2NO/c1-9-8-10(2-3-11(9)15)14(6-4-12)7-5-13/h2-3,8,15H,4-7H2,1H3/p+1. The van der Waals surface area contributed by atoms with Gasteiger partial charge < -0.3 is 10.0 Å². The Labute approximate surface area is 100 Å². The number of hydrogen-bond acceptors (Lipinski definition) is 1. The van der Waals surface area contributed by atoms with Crippen molar-refractivity contribution in [2.45, 2.75) is 6.92 Å². The number of benzene rings is 1. The highest BCUT2D eigenvalue weighted by Crippen LogP contribution is 2.17. The minimum atomic E-state index is 0.329. The van der Waals surface area contributed by atoms with Gasteiger partial charge >= 0.3 is 0 Å². The predicted molar refractivity (Wildman–Crippen MR) is 64.6 cm³/mol. The van der Waals surface area contributed by atoms with Crippen LogP contribution < -0.4 is 4.90 Å². The lowest BCUT2D eigenvalue weighted by Crippen LogP contribution is -3.08. The highest BCUT2D eigenvalue weighted by atomic mass is 35.5. The number of aryl methyl sites for hydroxylation is 1. The highest BCUT2D eigenvalue weighted by Gasteiger charge is 2.11. The molecule has 0 heterocycles. The summed E-state index contributed by atoms with van der Waals surface area (Å²) in [5.41, 5.74) is 2.01. The largest absolute Gasteiger partial charge is 0.508 e.